The van der Waals surface area contributed by atoms with Crippen molar-refractivity contribution in [3.63, 3.8) is 0 Å². The Labute approximate surface area is 111 Å². The van der Waals surface area contributed by atoms with Crippen molar-refractivity contribution in [3.05, 3.63) is 22.6 Å². The van der Waals surface area contributed by atoms with Crippen LogP contribution in [-0.4, -0.2) is 24.5 Å². The van der Waals surface area contributed by atoms with Crippen LogP contribution < -0.4 is 11.3 Å². The summed E-state index contributed by atoms with van der Waals surface area (Å²) in [5.74, 6) is 6.67. The summed E-state index contributed by atoms with van der Waals surface area (Å²) in [4.78, 5) is 2.28. The van der Waals surface area contributed by atoms with Crippen LogP contribution in [0.25, 0.3) is 0 Å². The van der Waals surface area contributed by atoms with Gasteiger partial charge in [0.25, 0.3) is 0 Å². The van der Waals surface area contributed by atoms with E-state index < -0.39 is 0 Å². The molecule has 17 heavy (non-hydrogen) atoms. The van der Waals surface area contributed by atoms with E-state index in [4.69, 9.17) is 10.3 Å². The third kappa shape index (κ3) is 2.17. The van der Waals surface area contributed by atoms with Gasteiger partial charge in [-0.1, -0.05) is 12.8 Å². The number of hydrogen-bond donors (Lipinski definition) is 2. The summed E-state index contributed by atoms with van der Waals surface area (Å²) in [7, 11) is 4.24. The normalized spacial score (nSPS) is 21.0. The lowest BCUT2D eigenvalue weighted by Crippen LogP contribution is -2.53. The molecule has 96 valence electrons. The van der Waals surface area contributed by atoms with E-state index in [1.807, 2.05) is 6.07 Å². The Hall–Kier alpha value is -0.360. The van der Waals surface area contributed by atoms with E-state index in [-0.39, 0.29) is 11.6 Å². The number of furan rings is 1. The largest absolute Gasteiger partial charge is 0.466 e. The molecular weight excluding hydrogens is 282 g/mol. The molecule has 0 amide bonds. The van der Waals surface area contributed by atoms with E-state index in [0.717, 1.165) is 23.1 Å². The maximum atomic E-state index is 5.78. The molecule has 1 fully saturated rings. The number of halogens is 1. The van der Waals surface area contributed by atoms with Gasteiger partial charge in [0.2, 0.25) is 0 Å². The highest BCUT2D eigenvalue weighted by atomic mass is 79.9. The average Bonchev–Trinajstić information content (AvgIpc) is 2.91. The summed E-state index contributed by atoms with van der Waals surface area (Å²) >= 11 is 3.52. The van der Waals surface area contributed by atoms with Crippen molar-refractivity contribution in [2.45, 2.75) is 37.3 Å². The van der Waals surface area contributed by atoms with Gasteiger partial charge < -0.3 is 9.32 Å². The van der Waals surface area contributed by atoms with E-state index in [2.05, 4.69) is 40.4 Å². The van der Waals surface area contributed by atoms with Gasteiger partial charge >= 0.3 is 0 Å². The van der Waals surface area contributed by atoms with Crippen LogP contribution in [0.1, 0.15) is 37.5 Å². The lowest BCUT2D eigenvalue weighted by Gasteiger charge is -2.42. The summed E-state index contributed by atoms with van der Waals surface area (Å²) in [6.07, 6.45) is 6.47. The summed E-state index contributed by atoms with van der Waals surface area (Å²) in [6, 6.07) is 1.93. The first kappa shape index (κ1) is 13.1. The Morgan fingerprint density at radius 3 is 2.53 bits per heavy atom. The molecule has 1 aromatic heterocycles. The number of likely N-dealkylation sites (N-methyl/N-ethyl adjacent to an activating group) is 1. The SMILES string of the molecule is CN(C)C1(C(NN)c2occc2Br)CCCC1. The molecule has 3 N–H and O–H groups in total. The zero-order valence-electron chi connectivity index (χ0n) is 10.4. The van der Waals surface area contributed by atoms with Gasteiger partial charge in [-0.2, -0.15) is 0 Å². The molecule has 1 aliphatic carbocycles. The molecule has 1 atom stereocenters. The highest BCUT2D eigenvalue weighted by Crippen LogP contribution is 2.44. The molecule has 1 heterocycles. The van der Waals surface area contributed by atoms with Crippen LogP contribution in [0, 0.1) is 0 Å². The number of hydrogen-bond acceptors (Lipinski definition) is 4. The quantitative estimate of drug-likeness (QED) is 0.662. The Bertz CT molecular complexity index is 372. The van der Waals surface area contributed by atoms with Crippen molar-refractivity contribution in [1.29, 1.82) is 0 Å². The van der Waals surface area contributed by atoms with Crippen LogP contribution in [0.2, 0.25) is 0 Å². The van der Waals surface area contributed by atoms with Gasteiger partial charge in [0.1, 0.15) is 5.76 Å². The zero-order valence-corrected chi connectivity index (χ0v) is 12.0. The van der Waals surface area contributed by atoms with Gasteiger partial charge in [-0.25, -0.2) is 5.43 Å². The molecule has 1 aromatic rings. The molecule has 0 spiro atoms. The Kier molecular flexibility index (Phi) is 3.92. The van der Waals surface area contributed by atoms with E-state index in [9.17, 15) is 0 Å². The summed E-state index contributed by atoms with van der Waals surface area (Å²) in [6.45, 7) is 0. The van der Waals surface area contributed by atoms with Crippen molar-refractivity contribution in [2.24, 2.45) is 5.84 Å². The third-order valence-corrected chi connectivity index (χ3v) is 4.63. The smallest absolute Gasteiger partial charge is 0.138 e. The minimum atomic E-state index is 0.0179. The van der Waals surface area contributed by atoms with Crippen LogP contribution >= 0.6 is 15.9 Å². The van der Waals surface area contributed by atoms with Gasteiger partial charge in [0.05, 0.1) is 16.8 Å². The monoisotopic (exact) mass is 301 g/mol. The first-order valence-electron chi connectivity index (χ1n) is 5.98. The summed E-state index contributed by atoms with van der Waals surface area (Å²) in [5.41, 5.74) is 2.99. The third-order valence-electron chi connectivity index (χ3n) is 3.97. The minimum Gasteiger partial charge on any atom is -0.466 e. The summed E-state index contributed by atoms with van der Waals surface area (Å²) in [5, 5.41) is 0. The molecule has 1 saturated carbocycles. The Morgan fingerprint density at radius 2 is 2.12 bits per heavy atom. The van der Waals surface area contributed by atoms with E-state index in [0.29, 0.717) is 0 Å². The topological polar surface area (TPSA) is 54.4 Å². The van der Waals surface area contributed by atoms with Crippen molar-refractivity contribution >= 4 is 15.9 Å². The Morgan fingerprint density at radius 1 is 1.47 bits per heavy atom. The average molecular weight is 302 g/mol. The molecule has 0 saturated heterocycles. The standard InChI is InChI=1S/C12H20BrN3O/c1-16(2)12(6-3-4-7-12)11(15-14)10-9(13)5-8-17-10/h5,8,11,15H,3-4,6-7,14H2,1-2H3. The van der Waals surface area contributed by atoms with Gasteiger partial charge in [-0.3, -0.25) is 5.84 Å². The van der Waals surface area contributed by atoms with Crippen molar-refractivity contribution in [2.75, 3.05) is 14.1 Å². The van der Waals surface area contributed by atoms with Crippen LogP contribution in [-0.2, 0) is 0 Å². The first-order chi connectivity index (χ1) is 8.12. The number of rotatable bonds is 4. The van der Waals surface area contributed by atoms with E-state index in [1.54, 1.807) is 6.26 Å². The maximum Gasteiger partial charge on any atom is 0.138 e. The number of nitrogens with one attached hydrogen (secondary N) is 1. The fraction of sp³-hybridized carbons (Fsp3) is 0.667. The van der Waals surface area contributed by atoms with Gasteiger partial charge in [-0.15, -0.1) is 0 Å². The second-order valence-electron chi connectivity index (χ2n) is 4.94. The van der Waals surface area contributed by atoms with Gasteiger partial charge in [0, 0.05) is 5.54 Å². The molecule has 1 aliphatic rings. The maximum absolute atomic E-state index is 5.78. The molecule has 0 radical (unpaired) electrons. The van der Waals surface area contributed by atoms with Crippen molar-refractivity contribution < 1.29 is 4.42 Å². The fourth-order valence-electron chi connectivity index (χ4n) is 2.97. The Balaban J connectivity index is 2.37. The molecule has 0 aromatic carbocycles. The predicted octanol–water partition coefficient (Wildman–Crippen LogP) is 2.42. The number of nitrogens with zero attached hydrogens (tertiary/aromatic N) is 1. The second kappa shape index (κ2) is 5.10. The molecule has 5 heteroatoms. The highest BCUT2D eigenvalue weighted by Gasteiger charge is 2.45. The predicted molar refractivity (Wildman–Crippen MR) is 71.4 cm³/mol. The first-order valence-corrected chi connectivity index (χ1v) is 6.77. The lowest BCUT2D eigenvalue weighted by atomic mass is 9.85. The number of hydrazine groups is 1. The molecule has 0 bridgehead atoms. The molecule has 2 rings (SSSR count). The van der Waals surface area contributed by atoms with Gasteiger partial charge in [-0.05, 0) is 48.9 Å². The lowest BCUT2D eigenvalue weighted by molar-refractivity contribution is 0.0929. The van der Waals surface area contributed by atoms with Crippen molar-refractivity contribution in [1.82, 2.24) is 10.3 Å². The minimum absolute atomic E-state index is 0.0179. The highest BCUT2D eigenvalue weighted by molar-refractivity contribution is 9.10. The van der Waals surface area contributed by atoms with Crippen LogP contribution in [0.3, 0.4) is 0 Å². The molecule has 4 nitrogen and oxygen atoms in total. The van der Waals surface area contributed by atoms with Gasteiger partial charge in [0.15, 0.2) is 0 Å². The summed E-state index contributed by atoms with van der Waals surface area (Å²) < 4.78 is 6.57. The molecule has 1 unspecified atom stereocenters. The van der Waals surface area contributed by atoms with E-state index in [1.165, 1.54) is 12.8 Å². The van der Waals surface area contributed by atoms with Crippen LogP contribution in [0.15, 0.2) is 21.2 Å². The second-order valence-corrected chi connectivity index (χ2v) is 5.79. The molecular formula is C12H20BrN3O. The molecule has 0 aliphatic heterocycles. The van der Waals surface area contributed by atoms with Crippen molar-refractivity contribution in [3.8, 4) is 0 Å². The fourth-order valence-corrected chi connectivity index (χ4v) is 3.40. The number of nitrogens with two attached hydrogens (primary N) is 1. The van der Waals surface area contributed by atoms with Crippen LogP contribution in [0.4, 0.5) is 0 Å². The van der Waals surface area contributed by atoms with Crippen LogP contribution in [0.5, 0.6) is 0 Å². The zero-order chi connectivity index (χ0) is 12.5. The van der Waals surface area contributed by atoms with E-state index >= 15 is 0 Å².